The van der Waals surface area contributed by atoms with Gasteiger partial charge in [-0.15, -0.1) is 0 Å². The van der Waals surface area contributed by atoms with Crippen LogP contribution in [0.1, 0.15) is 376 Å². The minimum absolute atomic E-state index is 0.0390. The fraction of sp³-hybridized carbons (Fsp3) is 1.00. The molecule has 0 aromatic carbocycles. The lowest BCUT2D eigenvalue weighted by molar-refractivity contribution is -0.432. The molecule has 77 heavy (non-hydrogen) atoms. The minimum atomic E-state index is -1.15. The minimum Gasteiger partial charge on any atom is -0.329 e. The number of hydrogen-bond donors (Lipinski definition) is 0. The van der Waals surface area contributed by atoms with Crippen LogP contribution >= 0.6 is 0 Å². The molecule has 0 bridgehead atoms. The first-order valence-electron chi connectivity index (χ1n) is 34.7. The summed E-state index contributed by atoms with van der Waals surface area (Å²) in [6.07, 6.45) is 56.9. The van der Waals surface area contributed by atoms with E-state index in [1.54, 1.807) is 0 Å². The van der Waals surface area contributed by atoms with Crippen LogP contribution in [0.2, 0.25) is 0 Å². The van der Waals surface area contributed by atoms with Gasteiger partial charge in [0.25, 0.3) is 11.9 Å². The molecule has 0 saturated carbocycles. The Balaban J connectivity index is 6.59. The van der Waals surface area contributed by atoms with Crippen molar-refractivity contribution in [3.63, 3.8) is 0 Å². The zero-order valence-electron chi connectivity index (χ0n) is 53.4. The van der Waals surface area contributed by atoms with Crippen molar-refractivity contribution in [2.75, 3.05) is 40.0 Å². The lowest BCUT2D eigenvalue weighted by Gasteiger charge is -2.37. The molecule has 9 heteroatoms. The van der Waals surface area contributed by atoms with E-state index < -0.39 is 24.5 Å². The van der Waals surface area contributed by atoms with Crippen LogP contribution in [0.25, 0.3) is 0 Å². The SMILES string of the molecule is CCCCCCCCCC(OCOCOC(CCCCCCCCC)OC(CCCCCC)(OCCCCCCCC)OCCCCCCCC)OC(CCCCCC)(OCCCCCCCC)OCCCCCCCC. The van der Waals surface area contributed by atoms with Gasteiger partial charge in [-0.05, 0) is 64.2 Å². The smallest absolute Gasteiger partial charge is 0.285 e. The molecule has 0 saturated heterocycles. The highest BCUT2D eigenvalue weighted by atomic mass is 16.9. The zero-order chi connectivity index (χ0) is 56.1. The van der Waals surface area contributed by atoms with Gasteiger partial charge in [-0.2, -0.15) is 0 Å². The highest BCUT2D eigenvalue weighted by Gasteiger charge is 2.38. The summed E-state index contributed by atoms with van der Waals surface area (Å²) >= 11 is 0. The first kappa shape index (κ1) is 76.6. The summed E-state index contributed by atoms with van der Waals surface area (Å²) in [6.45, 7) is 20.8. The van der Waals surface area contributed by atoms with Crippen LogP contribution in [0.3, 0.4) is 0 Å². The van der Waals surface area contributed by atoms with Gasteiger partial charge in [0, 0.05) is 12.8 Å². The molecule has 0 spiro atoms. The standard InChI is InChI=1S/C68H138O9/c1-9-17-25-33-39-41-47-55-65(76-67(57-49-31-23-15-7,72-59-51-43-35-27-19-11-3)73-60-52-44-36-28-20-12-4)70-63-69-64-71-66(56-48-42-40-34-26-18-10-2)77-68(58-50-32-24-16-8,74-61-53-45-37-29-21-13-5)75-62-54-46-38-30-22-14-6/h65-66H,9-64H2,1-8H3. The van der Waals surface area contributed by atoms with Crippen molar-refractivity contribution < 1.29 is 42.6 Å². The van der Waals surface area contributed by atoms with Crippen molar-refractivity contribution in [2.45, 2.75) is 401 Å². The van der Waals surface area contributed by atoms with Crippen molar-refractivity contribution in [1.29, 1.82) is 0 Å². The first-order chi connectivity index (χ1) is 37.9. The fourth-order valence-corrected chi connectivity index (χ4v) is 10.2. The molecular weight excluding hydrogens is 961 g/mol. The maximum atomic E-state index is 7.11. The van der Waals surface area contributed by atoms with Crippen LogP contribution in [-0.2, 0) is 42.6 Å². The van der Waals surface area contributed by atoms with Crippen molar-refractivity contribution in [3.8, 4) is 0 Å². The lowest BCUT2D eigenvalue weighted by Crippen LogP contribution is -2.44. The maximum Gasteiger partial charge on any atom is 0.285 e. The van der Waals surface area contributed by atoms with Gasteiger partial charge in [-0.3, -0.25) is 9.47 Å². The maximum absolute atomic E-state index is 7.11. The Labute approximate surface area is 481 Å². The molecule has 0 amide bonds. The molecule has 0 heterocycles. The molecule has 0 rings (SSSR count). The van der Waals surface area contributed by atoms with Gasteiger partial charge in [-0.1, -0.05) is 299 Å². The van der Waals surface area contributed by atoms with Crippen LogP contribution in [0.15, 0.2) is 0 Å². The number of ether oxygens (including phenoxy) is 9. The van der Waals surface area contributed by atoms with Crippen molar-refractivity contribution >= 4 is 0 Å². The zero-order valence-corrected chi connectivity index (χ0v) is 53.4. The fourth-order valence-electron chi connectivity index (χ4n) is 10.2. The van der Waals surface area contributed by atoms with E-state index in [9.17, 15) is 0 Å². The van der Waals surface area contributed by atoms with Gasteiger partial charge in [0.15, 0.2) is 26.2 Å². The van der Waals surface area contributed by atoms with Crippen molar-refractivity contribution in [3.05, 3.63) is 0 Å². The van der Waals surface area contributed by atoms with Crippen LogP contribution in [0, 0.1) is 0 Å². The second-order valence-electron chi connectivity index (χ2n) is 23.1. The molecule has 0 aliphatic rings. The topological polar surface area (TPSA) is 83.1 Å². The van der Waals surface area contributed by atoms with Crippen LogP contribution < -0.4 is 0 Å². The van der Waals surface area contributed by atoms with E-state index in [2.05, 4.69) is 55.4 Å². The van der Waals surface area contributed by atoms with Crippen molar-refractivity contribution in [2.24, 2.45) is 0 Å². The third-order valence-corrected chi connectivity index (χ3v) is 15.3. The number of rotatable bonds is 68. The van der Waals surface area contributed by atoms with Gasteiger partial charge in [0.2, 0.25) is 0 Å². The Morgan fingerprint density at radius 3 is 0.688 bits per heavy atom. The summed E-state index contributed by atoms with van der Waals surface area (Å²) in [5, 5.41) is 0. The van der Waals surface area contributed by atoms with E-state index in [0.717, 1.165) is 116 Å². The normalized spacial score (nSPS) is 13.1. The number of hydrogen-bond acceptors (Lipinski definition) is 9. The summed E-state index contributed by atoms with van der Waals surface area (Å²) in [5.74, 6) is -2.30. The Kier molecular flexibility index (Phi) is 61.4. The van der Waals surface area contributed by atoms with Gasteiger partial charge < -0.3 is 33.2 Å². The molecule has 464 valence electrons. The average molecular weight is 1100 g/mol. The molecule has 0 aliphatic heterocycles. The Hall–Kier alpha value is -0.360. The van der Waals surface area contributed by atoms with Crippen LogP contribution in [0.5, 0.6) is 0 Å². The molecule has 2 unspecified atom stereocenters. The Bertz CT molecular complexity index is 976. The molecule has 0 fully saturated rings. The predicted octanol–water partition coefficient (Wildman–Crippen LogP) is 22.7. The molecule has 9 nitrogen and oxygen atoms in total. The largest absolute Gasteiger partial charge is 0.329 e. The van der Waals surface area contributed by atoms with Gasteiger partial charge in [0.05, 0.1) is 26.4 Å². The molecule has 0 N–H and O–H groups in total. The molecule has 0 aliphatic carbocycles. The summed E-state index contributed by atoms with van der Waals surface area (Å²) < 4.78 is 61.3. The second-order valence-corrected chi connectivity index (χ2v) is 23.1. The lowest BCUT2D eigenvalue weighted by atomic mass is 10.1. The Morgan fingerprint density at radius 2 is 0.442 bits per heavy atom. The number of unbranched alkanes of at least 4 members (excludes halogenated alkanes) is 38. The first-order valence-corrected chi connectivity index (χ1v) is 34.7. The third-order valence-electron chi connectivity index (χ3n) is 15.3. The van der Waals surface area contributed by atoms with Crippen LogP contribution in [-0.4, -0.2) is 64.5 Å². The van der Waals surface area contributed by atoms with Crippen molar-refractivity contribution in [1.82, 2.24) is 0 Å². The van der Waals surface area contributed by atoms with E-state index in [1.165, 1.54) is 193 Å². The van der Waals surface area contributed by atoms with E-state index >= 15 is 0 Å². The molecule has 0 radical (unpaired) electrons. The molecule has 0 aromatic heterocycles. The molecule has 2 atom stereocenters. The van der Waals surface area contributed by atoms with Gasteiger partial charge in [-0.25, -0.2) is 0 Å². The predicted molar refractivity (Wildman–Crippen MR) is 328 cm³/mol. The van der Waals surface area contributed by atoms with E-state index in [1.807, 2.05) is 0 Å². The highest BCUT2D eigenvalue weighted by Crippen LogP contribution is 2.31. The van der Waals surface area contributed by atoms with Gasteiger partial charge in [0.1, 0.15) is 0 Å². The van der Waals surface area contributed by atoms with E-state index in [-0.39, 0.29) is 13.6 Å². The molecule has 0 aromatic rings. The average Bonchev–Trinajstić information content (AvgIpc) is 3.43. The van der Waals surface area contributed by atoms with Crippen LogP contribution in [0.4, 0.5) is 0 Å². The summed E-state index contributed by atoms with van der Waals surface area (Å²) in [5.41, 5.74) is 0. The van der Waals surface area contributed by atoms with Gasteiger partial charge >= 0.3 is 0 Å². The summed E-state index contributed by atoms with van der Waals surface area (Å²) in [6, 6.07) is 0. The molecular formula is C68H138O9. The van der Waals surface area contributed by atoms with E-state index in [0.29, 0.717) is 39.3 Å². The monoisotopic (exact) mass is 1100 g/mol. The second kappa shape index (κ2) is 61.7. The Morgan fingerprint density at radius 1 is 0.234 bits per heavy atom. The van der Waals surface area contributed by atoms with E-state index in [4.69, 9.17) is 42.6 Å². The summed E-state index contributed by atoms with van der Waals surface area (Å²) in [7, 11) is 0. The third kappa shape index (κ3) is 51.0. The summed E-state index contributed by atoms with van der Waals surface area (Å²) in [4.78, 5) is 0. The highest BCUT2D eigenvalue weighted by molar-refractivity contribution is 4.66. The quantitative estimate of drug-likeness (QED) is 0.0437.